The molecule has 1 aromatic carbocycles. The Morgan fingerprint density at radius 1 is 1.56 bits per heavy atom. The van der Waals surface area contributed by atoms with Crippen LogP contribution < -0.4 is 5.32 Å². The summed E-state index contributed by atoms with van der Waals surface area (Å²) in [7, 11) is 0. The van der Waals surface area contributed by atoms with Crippen LogP contribution in [0.2, 0.25) is 0 Å². The van der Waals surface area contributed by atoms with E-state index in [0.717, 1.165) is 40.1 Å². The predicted octanol–water partition coefficient (Wildman–Crippen LogP) is 3.88. The van der Waals surface area contributed by atoms with Gasteiger partial charge in [-0.3, -0.25) is 0 Å². The first kappa shape index (κ1) is 12.4. The highest BCUT2D eigenvalue weighted by molar-refractivity contribution is 9.10. The van der Waals surface area contributed by atoms with E-state index in [1.807, 2.05) is 6.07 Å². The van der Waals surface area contributed by atoms with Gasteiger partial charge in [-0.25, -0.2) is 4.39 Å². The molecule has 0 saturated heterocycles. The van der Waals surface area contributed by atoms with Gasteiger partial charge in [-0.2, -0.15) is 11.8 Å². The van der Waals surface area contributed by atoms with Crippen LogP contribution in [0.1, 0.15) is 30.5 Å². The summed E-state index contributed by atoms with van der Waals surface area (Å²) in [5.41, 5.74) is 1.99. The molecule has 4 heteroatoms. The Morgan fingerprint density at radius 2 is 2.38 bits per heavy atom. The Labute approximate surface area is 108 Å². The molecule has 88 valence electrons. The highest BCUT2D eigenvalue weighted by atomic mass is 79.9. The number of nitrogens with one attached hydrogen (secondary N) is 1. The second-order valence-electron chi connectivity index (χ2n) is 3.98. The zero-order chi connectivity index (χ0) is 11.5. The lowest BCUT2D eigenvalue weighted by molar-refractivity contribution is 0.555. The van der Waals surface area contributed by atoms with Crippen LogP contribution in [-0.4, -0.2) is 12.3 Å². The van der Waals surface area contributed by atoms with Gasteiger partial charge in [0.2, 0.25) is 0 Å². The van der Waals surface area contributed by atoms with Gasteiger partial charge in [-0.05, 0) is 30.7 Å². The molecule has 1 heterocycles. The number of halogens is 2. The van der Waals surface area contributed by atoms with Gasteiger partial charge in [-0.1, -0.05) is 22.9 Å². The molecule has 1 unspecified atom stereocenters. The molecule has 0 aromatic heterocycles. The van der Waals surface area contributed by atoms with Crippen LogP contribution in [0.25, 0.3) is 0 Å². The van der Waals surface area contributed by atoms with Crippen LogP contribution >= 0.6 is 27.7 Å². The normalized spacial score (nSPS) is 19.6. The lowest BCUT2D eigenvalue weighted by Crippen LogP contribution is -2.27. The van der Waals surface area contributed by atoms with Crippen LogP contribution in [0.15, 0.2) is 16.6 Å². The van der Waals surface area contributed by atoms with Gasteiger partial charge in [0, 0.05) is 27.6 Å². The molecule has 0 bridgehead atoms. The third-order valence-corrected chi connectivity index (χ3v) is 4.26. The fraction of sp³-hybridized carbons (Fsp3) is 0.500. The average Bonchev–Trinajstić information content (AvgIpc) is 2.26. The van der Waals surface area contributed by atoms with Crippen LogP contribution in [0.5, 0.6) is 0 Å². The van der Waals surface area contributed by atoms with Crippen molar-refractivity contribution in [1.82, 2.24) is 5.32 Å². The number of hydrogen-bond acceptors (Lipinski definition) is 2. The van der Waals surface area contributed by atoms with E-state index >= 15 is 0 Å². The van der Waals surface area contributed by atoms with Gasteiger partial charge in [0.05, 0.1) is 0 Å². The molecule has 1 aliphatic heterocycles. The van der Waals surface area contributed by atoms with E-state index in [0.29, 0.717) is 6.04 Å². The molecule has 0 radical (unpaired) electrons. The Bertz CT molecular complexity index is 384. The minimum atomic E-state index is -0.0835. The number of thioether (sulfide) groups is 1. The van der Waals surface area contributed by atoms with Crippen molar-refractivity contribution in [1.29, 1.82) is 0 Å². The third-order valence-electron chi connectivity index (χ3n) is 2.74. The molecule has 0 spiro atoms. The summed E-state index contributed by atoms with van der Waals surface area (Å²) in [5.74, 6) is 1.74. The molecule has 0 saturated carbocycles. The number of rotatable bonds is 3. The van der Waals surface area contributed by atoms with E-state index in [2.05, 4.69) is 28.2 Å². The summed E-state index contributed by atoms with van der Waals surface area (Å²) in [4.78, 5) is 0. The zero-order valence-electron chi connectivity index (χ0n) is 9.22. The largest absolute Gasteiger partial charge is 0.309 e. The molecule has 1 aromatic rings. The van der Waals surface area contributed by atoms with Gasteiger partial charge in [0.1, 0.15) is 5.82 Å². The van der Waals surface area contributed by atoms with Crippen molar-refractivity contribution < 1.29 is 4.39 Å². The topological polar surface area (TPSA) is 12.0 Å². The van der Waals surface area contributed by atoms with Crippen molar-refractivity contribution in [2.75, 3.05) is 12.3 Å². The summed E-state index contributed by atoms with van der Waals surface area (Å²) in [5, 5.41) is 3.47. The standard InChI is InChI=1S/C12H15BrFNS/c1-2-3-15-12-7-16-6-10-9(12)4-8(13)5-11(10)14/h4-5,12,15H,2-3,6-7H2,1H3. The van der Waals surface area contributed by atoms with E-state index in [9.17, 15) is 4.39 Å². The average molecular weight is 304 g/mol. The molecule has 1 nitrogen and oxygen atoms in total. The fourth-order valence-corrected chi connectivity index (χ4v) is 3.55. The summed E-state index contributed by atoms with van der Waals surface area (Å²) >= 11 is 5.16. The van der Waals surface area contributed by atoms with Gasteiger partial charge in [-0.15, -0.1) is 0 Å². The van der Waals surface area contributed by atoms with Crippen molar-refractivity contribution in [3.05, 3.63) is 33.5 Å². The molecule has 0 aliphatic carbocycles. The van der Waals surface area contributed by atoms with Gasteiger partial charge in [0.25, 0.3) is 0 Å². The second-order valence-corrected chi connectivity index (χ2v) is 5.92. The predicted molar refractivity (Wildman–Crippen MR) is 71.3 cm³/mol. The second kappa shape index (κ2) is 5.52. The molecule has 1 atom stereocenters. The van der Waals surface area contributed by atoms with Gasteiger partial charge < -0.3 is 5.32 Å². The Balaban J connectivity index is 2.30. The molecule has 1 N–H and O–H groups in total. The fourth-order valence-electron chi connectivity index (χ4n) is 1.94. The van der Waals surface area contributed by atoms with Crippen LogP contribution in [0.3, 0.4) is 0 Å². The van der Waals surface area contributed by atoms with E-state index in [1.165, 1.54) is 0 Å². The van der Waals surface area contributed by atoms with Crippen molar-refractivity contribution in [3.8, 4) is 0 Å². The minimum absolute atomic E-state index is 0.0835. The van der Waals surface area contributed by atoms with E-state index in [4.69, 9.17) is 0 Å². The van der Waals surface area contributed by atoms with Gasteiger partial charge >= 0.3 is 0 Å². The maximum atomic E-state index is 13.8. The summed E-state index contributed by atoms with van der Waals surface area (Å²) < 4.78 is 14.6. The SMILES string of the molecule is CCCNC1CSCc2c(F)cc(Br)cc21. The highest BCUT2D eigenvalue weighted by Gasteiger charge is 2.22. The number of fused-ring (bicyclic) bond motifs is 1. The quantitative estimate of drug-likeness (QED) is 0.909. The summed E-state index contributed by atoms with van der Waals surface area (Å²) in [6.45, 7) is 3.13. The van der Waals surface area contributed by atoms with Crippen LogP contribution in [0, 0.1) is 5.82 Å². The molecule has 1 aliphatic rings. The van der Waals surface area contributed by atoms with Crippen molar-refractivity contribution in [2.45, 2.75) is 25.1 Å². The maximum Gasteiger partial charge on any atom is 0.128 e. The highest BCUT2D eigenvalue weighted by Crippen LogP contribution is 2.35. The Hall–Kier alpha value is -0.0600. The number of hydrogen-bond donors (Lipinski definition) is 1. The van der Waals surface area contributed by atoms with Gasteiger partial charge in [0.15, 0.2) is 0 Å². The van der Waals surface area contributed by atoms with Crippen LogP contribution in [-0.2, 0) is 5.75 Å². The van der Waals surface area contributed by atoms with Crippen LogP contribution in [0.4, 0.5) is 4.39 Å². The maximum absolute atomic E-state index is 13.8. The summed E-state index contributed by atoms with van der Waals surface area (Å²) in [6, 6.07) is 3.90. The van der Waals surface area contributed by atoms with E-state index in [-0.39, 0.29) is 5.82 Å². The van der Waals surface area contributed by atoms with Crippen molar-refractivity contribution >= 4 is 27.7 Å². The molecule has 16 heavy (non-hydrogen) atoms. The smallest absolute Gasteiger partial charge is 0.128 e. The van der Waals surface area contributed by atoms with E-state index < -0.39 is 0 Å². The Morgan fingerprint density at radius 3 is 3.12 bits per heavy atom. The van der Waals surface area contributed by atoms with Crippen molar-refractivity contribution in [3.63, 3.8) is 0 Å². The molecule has 0 amide bonds. The molecular formula is C12H15BrFNS. The Kier molecular flexibility index (Phi) is 4.27. The minimum Gasteiger partial charge on any atom is -0.309 e. The molecule has 2 rings (SSSR count). The first-order valence-corrected chi connectivity index (χ1v) is 7.46. The summed E-state index contributed by atoms with van der Waals surface area (Å²) in [6.07, 6.45) is 1.10. The lowest BCUT2D eigenvalue weighted by atomic mass is 10.0. The molecular weight excluding hydrogens is 289 g/mol. The van der Waals surface area contributed by atoms with E-state index in [1.54, 1.807) is 17.8 Å². The zero-order valence-corrected chi connectivity index (χ0v) is 11.6. The molecule has 0 fully saturated rings. The third kappa shape index (κ3) is 2.60. The first-order chi connectivity index (χ1) is 7.72. The first-order valence-electron chi connectivity index (χ1n) is 5.51. The van der Waals surface area contributed by atoms with Crippen molar-refractivity contribution in [2.24, 2.45) is 0 Å². The monoisotopic (exact) mass is 303 g/mol. The number of benzene rings is 1. The lowest BCUT2D eigenvalue weighted by Gasteiger charge is -2.26.